The lowest BCUT2D eigenvalue weighted by atomic mass is 9.90. The van der Waals surface area contributed by atoms with E-state index in [2.05, 4.69) is 4.72 Å². The summed E-state index contributed by atoms with van der Waals surface area (Å²) in [6.07, 6.45) is 3.04. The van der Waals surface area contributed by atoms with Crippen LogP contribution in [-0.4, -0.2) is 24.9 Å². The predicted octanol–water partition coefficient (Wildman–Crippen LogP) is 2.11. The Balaban J connectivity index is 1.85. The first-order valence-corrected chi connectivity index (χ1v) is 10.4. The van der Waals surface area contributed by atoms with Crippen LogP contribution in [0.3, 0.4) is 0 Å². The minimum absolute atomic E-state index is 0.0779. The van der Waals surface area contributed by atoms with Crippen LogP contribution in [0.4, 0.5) is 5.69 Å². The number of nitrogens with one attached hydrogen (secondary N) is 1. The van der Waals surface area contributed by atoms with Crippen LogP contribution in [0.1, 0.15) is 20.7 Å². The molecule has 1 N–H and O–H groups in total. The van der Waals surface area contributed by atoms with Crippen molar-refractivity contribution in [3.8, 4) is 0 Å². The summed E-state index contributed by atoms with van der Waals surface area (Å²) >= 11 is 0. The Bertz CT molecular complexity index is 1360. The van der Waals surface area contributed by atoms with Crippen LogP contribution in [-0.2, 0) is 10.0 Å². The highest BCUT2D eigenvalue weighted by molar-refractivity contribution is 7.89. The number of fused-ring (bicyclic) bond motifs is 1. The van der Waals surface area contributed by atoms with E-state index in [0.717, 1.165) is 24.3 Å². The average molecular weight is 436 g/mol. The van der Waals surface area contributed by atoms with Gasteiger partial charge in [0.05, 0.1) is 9.82 Å². The van der Waals surface area contributed by atoms with Crippen LogP contribution >= 0.6 is 0 Å². The highest BCUT2D eigenvalue weighted by Gasteiger charge is 2.40. The number of ketones is 2. The maximum Gasteiger partial charge on any atom is 0.287 e. The van der Waals surface area contributed by atoms with E-state index in [1.54, 1.807) is 30.3 Å². The summed E-state index contributed by atoms with van der Waals surface area (Å²) in [5.74, 6) is -1.18. The predicted molar refractivity (Wildman–Crippen MR) is 108 cm³/mol. The van der Waals surface area contributed by atoms with Gasteiger partial charge in [0.15, 0.2) is 18.1 Å². The van der Waals surface area contributed by atoms with E-state index in [1.807, 2.05) is 0 Å². The number of hydrogen-bond donors (Lipinski definition) is 1. The molecule has 4 rings (SSSR count). The number of nitro groups is 1. The smallest absolute Gasteiger partial charge is 0.287 e. The standard InChI is InChI=1S/C21H13N3O6S/c25-20-16-6-2-3-7-17(16)21(26)19(23-12-4-1-5-13-23)18(20)22-31(29,30)15-10-8-14(9-11-15)24(27)28/h1-13H/p+1. The van der Waals surface area contributed by atoms with Crippen molar-refractivity contribution in [3.63, 3.8) is 0 Å². The third-order valence-electron chi connectivity index (χ3n) is 4.66. The van der Waals surface area contributed by atoms with Gasteiger partial charge in [0.2, 0.25) is 5.78 Å². The minimum Gasteiger partial charge on any atom is -0.287 e. The quantitative estimate of drug-likeness (QED) is 0.371. The van der Waals surface area contributed by atoms with E-state index in [1.165, 1.54) is 29.1 Å². The van der Waals surface area contributed by atoms with Crippen LogP contribution in [0.2, 0.25) is 0 Å². The number of aromatic nitrogens is 1. The molecule has 0 amide bonds. The lowest BCUT2D eigenvalue weighted by molar-refractivity contribution is -0.577. The zero-order chi connectivity index (χ0) is 22.2. The second kappa shape index (κ2) is 7.58. The number of nitrogens with zero attached hydrogens (tertiary/aromatic N) is 2. The molecule has 3 aromatic rings. The van der Waals surface area contributed by atoms with E-state index >= 15 is 0 Å². The number of non-ortho nitro benzene ring substituents is 1. The Morgan fingerprint density at radius 1 is 0.806 bits per heavy atom. The molecule has 10 heteroatoms. The maximum absolute atomic E-state index is 13.2. The van der Waals surface area contributed by atoms with Crippen molar-refractivity contribution >= 4 is 33.0 Å². The van der Waals surface area contributed by atoms with Crippen molar-refractivity contribution < 1.29 is 27.5 Å². The van der Waals surface area contributed by atoms with E-state index in [4.69, 9.17) is 0 Å². The molecule has 1 aromatic heterocycles. The third kappa shape index (κ3) is 3.60. The van der Waals surface area contributed by atoms with Crippen molar-refractivity contribution in [1.29, 1.82) is 0 Å². The second-order valence-electron chi connectivity index (χ2n) is 6.57. The molecule has 0 saturated carbocycles. The van der Waals surface area contributed by atoms with Crippen molar-refractivity contribution in [2.24, 2.45) is 0 Å². The fraction of sp³-hybridized carbons (Fsp3) is 0. The summed E-state index contributed by atoms with van der Waals surface area (Å²) in [6.45, 7) is 0. The molecule has 31 heavy (non-hydrogen) atoms. The van der Waals surface area contributed by atoms with E-state index < -0.39 is 32.2 Å². The Morgan fingerprint density at radius 2 is 1.39 bits per heavy atom. The molecule has 2 aromatic carbocycles. The number of carbonyl (C=O) groups excluding carboxylic acids is 2. The average Bonchev–Trinajstić information content (AvgIpc) is 2.78. The molecule has 1 aliphatic carbocycles. The molecule has 1 aliphatic rings. The number of rotatable bonds is 5. The number of pyridine rings is 1. The van der Waals surface area contributed by atoms with Gasteiger partial charge in [0.25, 0.3) is 27.2 Å². The van der Waals surface area contributed by atoms with E-state index in [9.17, 15) is 28.1 Å². The highest BCUT2D eigenvalue weighted by atomic mass is 32.2. The molecular formula is C21H14N3O6S+. The Morgan fingerprint density at radius 3 is 1.97 bits per heavy atom. The summed E-state index contributed by atoms with van der Waals surface area (Å²) in [6, 6.07) is 15.3. The normalized spacial score (nSPS) is 13.7. The Kier molecular flexibility index (Phi) is 4.91. The van der Waals surface area contributed by atoms with Gasteiger partial charge in [-0.2, -0.15) is 4.57 Å². The summed E-state index contributed by atoms with van der Waals surface area (Å²) in [4.78, 5) is 36.2. The number of hydrogen-bond acceptors (Lipinski definition) is 6. The van der Waals surface area contributed by atoms with Gasteiger partial charge in [-0.15, -0.1) is 0 Å². The molecule has 0 fully saturated rings. The molecule has 0 bridgehead atoms. The highest BCUT2D eigenvalue weighted by Crippen LogP contribution is 2.26. The molecule has 0 unspecified atom stereocenters. The SMILES string of the molecule is O=C1C(NS(=O)(=O)c2ccc([N+](=O)[O-])cc2)=C([n+]2ccccc2)C(=O)c2ccccc21. The lowest BCUT2D eigenvalue weighted by Gasteiger charge is -2.18. The van der Waals surface area contributed by atoms with Crippen LogP contribution < -0.4 is 9.29 Å². The summed E-state index contributed by atoms with van der Waals surface area (Å²) in [7, 11) is -4.32. The topological polar surface area (TPSA) is 127 Å². The summed E-state index contributed by atoms with van der Waals surface area (Å²) in [5.41, 5.74) is -0.587. The number of carbonyl (C=O) groups is 2. The van der Waals surface area contributed by atoms with Gasteiger partial charge in [-0.25, -0.2) is 8.42 Å². The first-order valence-electron chi connectivity index (χ1n) is 8.96. The molecular weight excluding hydrogens is 422 g/mol. The van der Waals surface area contributed by atoms with Crippen LogP contribution in [0.25, 0.3) is 5.70 Å². The van der Waals surface area contributed by atoms with E-state index in [-0.39, 0.29) is 27.4 Å². The van der Waals surface area contributed by atoms with Crippen molar-refractivity contribution in [3.05, 3.63) is 106 Å². The van der Waals surface area contributed by atoms with E-state index in [0.29, 0.717) is 0 Å². The van der Waals surface area contributed by atoms with Gasteiger partial charge in [-0.3, -0.25) is 24.4 Å². The summed E-state index contributed by atoms with van der Waals surface area (Å²) in [5, 5.41) is 10.8. The number of sulfonamides is 1. The Labute approximate surface area is 176 Å². The monoisotopic (exact) mass is 436 g/mol. The zero-order valence-corrected chi connectivity index (χ0v) is 16.6. The van der Waals surface area contributed by atoms with Gasteiger partial charge in [-0.1, -0.05) is 30.3 Å². The number of allylic oxidation sites excluding steroid dienone is 2. The molecule has 0 atom stereocenters. The molecule has 154 valence electrons. The molecule has 0 radical (unpaired) electrons. The van der Waals surface area contributed by atoms with Crippen LogP contribution in [0.15, 0.2) is 89.7 Å². The van der Waals surface area contributed by atoms with Crippen molar-refractivity contribution in [1.82, 2.24) is 4.72 Å². The van der Waals surface area contributed by atoms with Crippen LogP contribution in [0, 0.1) is 10.1 Å². The largest absolute Gasteiger partial charge is 0.287 e. The van der Waals surface area contributed by atoms with Crippen molar-refractivity contribution in [2.45, 2.75) is 4.90 Å². The molecule has 1 heterocycles. The first kappa shape index (κ1) is 20.1. The minimum atomic E-state index is -4.32. The maximum atomic E-state index is 13.2. The van der Waals surface area contributed by atoms with Gasteiger partial charge in [0.1, 0.15) is 0 Å². The summed E-state index contributed by atoms with van der Waals surface area (Å²) < 4.78 is 29.5. The number of Topliss-reactive ketones (excluding diaryl/α,β-unsaturated/α-hetero) is 2. The molecule has 0 aliphatic heterocycles. The number of benzene rings is 2. The van der Waals surface area contributed by atoms with Crippen LogP contribution in [0.5, 0.6) is 0 Å². The molecule has 0 spiro atoms. The second-order valence-corrected chi connectivity index (χ2v) is 8.25. The fourth-order valence-corrected chi connectivity index (χ4v) is 4.26. The van der Waals surface area contributed by atoms with Gasteiger partial charge < -0.3 is 0 Å². The lowest BCUT2D eigenvalue weighted by Crippen LogP contribution is -2.44. The number of nitro benzene ring substituents is 1. The molecule has 0 saturated heterocycles. The van der Waals surface area contributed by atoms with Crippen molar-refractivity contribution in [2.75, 3.05) is 0 Å². The first-order chi connectivity index (χ1) is 14.8. The fourth-order valence-electron chi connectivity index (χ4n) is 3.19. The van der Waals surface area contributed by atoms with Gasteiger partial charge in [-0.05, 0) is 12.1 Å². The Hall–Kier alpha value is -4.18. The van der Waals surface area contributed by atoms with Gasteiger partial charge >= 0.3 is 0 Å². The van der Waals surface area contributed by atoms with Gasteiger partial charge in [0, 0.05) is 35.4 Å². The third-order valence-corrected chi connectivity index (χ3v) is 6.03. The molecule has 9 nitrogen and oxygen atoms in total. The zero-order valence-electron chi connectivity index (χ0n) is 15.8.